The van der Waals surface area contributed by atoms with Crippen molar-refractivity contribution >= 4 is 34.3 Å². The summed E-state index contributed by atoms with van der Waals surface area (Å²) in [4.78, 5) is 16.2. The van der Waals surface area contributed by atoms with Crippen molar-refractivity contribution in [1.82, 2.24) is 15.2 Å². The lowest BCUT2D eigenvalue weighted by Crippen LogP contribution is -2.24. The number of hydrogen-bond donors (Lipinski definition) is 1. The first kappa shape index (κ1) is 15.1. The number of hydrogen-bond acceptors (Lipinski definition) is 5. The van der Waals surface area contributed by atoms with E-state index in [2.05, 4.69) is 43.1 Å². The van der Waals surface area contributed by atoms with Gasteiger partial charge in [0.25, 0.3) is 0 Å². The second kappa shape index (κ2) is 6.99. The first-order valence-corrected chi connectivity index (χ1v) is 8.17. The maximum atomic E-state index is 12.0. The van der Waals surface area contributed by atoms with Gasteiger partial charge in [0, 0.05) is 12.3 Å². The Morgan fingerprint density at radius 3 is 2.86 bits per heavy atom. The largest absolute Gasteiger partial charge is 0.490 e. The van der Waals surface area contributed by atoms with Gasteiger partial charge in [-0.05, 0) is 60.1 Å². The molecule has 6 nitrogen and oxygen atoms in total. The van der Waals surface area contributed by atoms with Crippen LogP contribution in [0.3, 0.4) is 0 Å². The Bertz CT molecular complexity index is 659. The van der Waals surface area contributed by atoms with E-state index < -0.39 is 0 Å². The number of ether oxygens (including phenoxy) is 1. The zero-order chi connectivity index (χ0) is 15.4. The lowest BCUT2D eigenvalue weighted by Gasteiger charge is -2.26. The summed E-state index contributed by atoms with van der Waals surface area (Å²) in [5.74, 6) is 1.03. The lowest BCUT2D eigenvalue weighted by atomic mass is 9.96. The number of carbonyl (C=O) groups excluding carboxylic acids is 1. The molecule has 0 bridgehead atoms. The average Bonchev–Trinajstić information content (AvgIpc) is 2.46. The first-order chi connectivity index (χ1) is 10.7. The van der Waals surface area contributed by atoms with Crippen LogP contribution >= 0.6 is 22.6 Å². The molecule has 0 unspecified atom stereocenters. The van der Waals surface area contributed by atoms with Crippen LogP contribution in [0.15, 0.2) is 30.5 Å². The van der Waals surface area contributed by atoms with Crippen molar-refractivity contribution in [1.29, 1.82) is 0 Å². The molecule has 0 saturated heterocycles. The molecule has 1 aliphatic carbocycles. The van der Waals surface area contributed by atoms with E-state index in [4.69, 9.17) is 4.74 Å². The van der Waals surface area contributed by atoms with E-state index in [1.165, 1.54) is 6.42 Å². The molecule has 7 heteroatoms. The number of nitrogens with zero attached hydrogens (tertiary/aromatic N) is 3. The number of rotatable bonds is 5. The predicted octanol–water partition coefficient (Wildman–Crippen LogP) is 2.59. The van der Waals surface area contributed by atoms with Gasteiger partial charge in [-0.1, -0.05) is 0 Å². The quantitative estimate of drug-likeness (QED) is 0.767. The van der Waals surface area contributed by atoms with Gasteiger partial charge in [-0.25, -0.2) is 0 Å². The van der Waals surface area contributed by atoms with Crippen LogP contribution in [0.4, 0.5) is 5.82 Å². The molecule has 1 aliphatic rings. The molecule has 0 atom stereocenters. The molecule has 3 rings (SSSR count). The zero-order valence-corrected chi connectivity index (χ0v) is 14.0. The van der Waals surface area contributed by atoms with Crippen LogP contribution in [-0.4, -0.2) is 27.2 Å². The molecular weight excluding hydrogens is 395 g/mol. The molecule has 1 amide bonds. The van der Waals surface area contributed by atoms with Gasteiger partial charge >= 0.3 is 0 Å². The molecule has 0 aliphatic heterocycles. The van der Waals surface area contributed by atoms with E-state index in [1.807, 2.05) is 12.1 Å². The summed E-state index contributed by atoms with van der Waals surface area (Å²) in [6, 6.07) is 7.15. The van der Waals surface area contributed by atoms with Crippen molar-refractivity contribution in [2.75, 3.05) is 5.32 Å². The summed E-state index contributed by atoms with van der Waals surface area (Å²) >= 11 is 2.06. The molecule has 1 N–H and O–H groups in total. The van der Waals surface area contributed by atoms with Crippen molar-refractivity contribution in [3.05, 3.63) is 39.9 Å². The summed E-state index contributed by atoms with van der Waals surface area (Å²) < 4.78 is 6.59. The SMILES string of the molecule is O=C(Cc1cc(OC2CCC2)ccn1)Nc1ccc(I)nn1. The highest BCUT2D eigenvalue weighted by Gasteiger charge is 2.19. The molecule has 114 valence electrons. The van der Waals surface area contributed by atoms with E-state index in [0.717, 1.165) is 22.3 Å². The number of anilines is 1. The van der Waals surface area contributed by atoms with Gasteiger partial charge in [0.05, 0.1) is 18.2 Å². The van der Waals surface area contributed by atoms with Crippen LogP contribution in [-0.2, 0) is 11.2 Å². The third-order valence-electron chi connectivity index (χ3n) is 3.38. The third-order valence-corrected chi connectivity index (χ3v) is 3.96. The van der Waals surface area contributed by atoms with Gasteiger partial charge in [-0.15, -0.1) is 10.2 Å². The van der Waals surface area contributed by atoms with Crippen molar-refractivity contribution in [2.45, 2.75) is 31.8 Å². The minimum atomic E-state index is -0.177. The molecule has 2 heterocycles. The number of amides is 1. The van der Waals surface area contributed by atoms with E-state index in [9.17, 15) is 4.79 Å². The Kier molecular flexibility index (Phi) is 4.81. The lowest BCUT2D eigenvalue weighted by molar-refractivity contribution is -0.115. The Morgan fingerprint density at radius 1 is 1.32 bits per heavy atom. The number of carbonyl (C=O) groups is 1. The fraction of sp³-hybridized carbons (Fsp3) is 0.333. The monoisotopic (exact) mass is 410 g/mol. The van der Waals surface area contributed by atoms with Crippen molar-refractivity contribution < 1.29 is 9.53 Å². The Balaban J connectivity index is 1.58. The van der Waals surface area contributed by atoms with Crippen LogP contribution in [0.25, 0.3) is 0 Å². The number of halogens is 1. The highest BCUT2D eigenvalue weighted by Crippen LogP contribution is 2.25. The Morgan fingerprint density at radius 2 is 2.18 bits per heavy atom. The van der Waals surface area contributed by atoms with Gasteiger partial charge in [-0.2, -0.15) is 0 Å². The van der Waals surface area contributed by atoms with Crippen LogP contribution < -0.4 is 10.1 Å². The number of aromatic nitrogens is 3. The first-order valence-electron chi connectivity index (χ1n) is 7.10. The molecule has 2 aromatic rings. The smallest absolute Gasteiger partial charge is 0.231 e. The summed E-state index contributed by atoms with van der Waals surface area (Å²) in [7, 11) is 0. The minimum absolute atomic E-state index is 0.176. The number of pyridine rings is 1. The van der Waals surface area contributed by atoms with Gasteiger partial charge in [0.15, 0.2) is 5.82 Å². The maximum absolute atomic E-state index is 12.0. The third kappa shape index (κ3) is 4.12. The van der Waals surface area contributed by atoms with E-state index in [0.29, 0.717) is 17.6 Å². The second-order valence-electron chi connectivity index (χ2n) is 5.12. The van der Waals surface area contributed by atoms with E-state index in [-0.39, 0.29) is 12.3 Å². The highest BCUT2D eigenvalue weighted by molar-refractivity contribution is 14.1. The maximum Gasteiger partial charge on any atom is 0.231 e. The number of nitrogens with one attached hydrogen (secondary N) is 1. The van der Waals surface area contributed by atoms with Gasteiger partial charge in [0.2, 0.25) is 5.91 Å². The standard InChI is InChI=1S/C15H15IN4O2/c16-13-4-5-14(20-19-13)18-15(21)9-10-8-12(6-7-17-10)22-11-2-1-3-11/h4-8,11H,1-3,9H2,(H,18,20,21). The van der Waals surface area contributed by atoms with Gasteiger partial charge < -0.3 is 10.1 Å². The fourth-order valence-electron chi connectivity index (χ4n) is 2.04. The molecule has 2 aromatic heterocycles. The van der Waals surface area contributed by atoms with Crippen LogP contribution in [0.5, 0.6) is 5.75 Å². The van der Waals surface area contributed by atoms with Gasteiger partial charge in [-0.3, -0.25) is 9.78 Å². The summed E-state index contributed by atoms with van der Waals surface area (Å²) in [5, 5.41) is 10.5. The molecule has 0 radical (unpaired) electrons. The Hall–Kier alpha value is -1.77. The normalized spacial score (nSPS) is 14.2. The molecule has 1 saturated carbocycles. The molecule has 1 fully saturated rings. The highest BCUT2D eigenvalue weighted by atomic mass is 127. The summed E-state index contributed by atoms with van der Waals surface area (Å²) in [6.45, 7) is 0. The van der Waals surface area contributed by atoms with Crippen LogP contribution in [0.2, 0.25) is 0 Å². The summed E-state index contributed by atoms with van der Waals surface area (Å²) in [6.07, 6.45) is 5.58. The molecule has 0 aromatic carbocycles. The zero-order valence-electron chi connectivity index (χ0n) is 11.8. The molecule has 0 spiro atoms. The van der Waals surface area contributed by atoms with Crippen molar-refractivity contribution in [3.63, 3.8) is 0 Å². The molecule has 22 heavy (non-hydrogen) atoms. The topological polar surface area (TPSA) is 77.0 Å². The summed E-state index contributed by atoms with van der Waals surface area (Å²) in [5.41, 5.74) is 0.674. The van der Waals surface area contributed by atoms with Crippen molar-refractivity contribution in [2.24, 2.45) is 0 Å². The second-order valence-corrected chi connectivity index (χ2v) is 6.23. The molecular formula is C15H15IN4O2. The predicted molar refractivity (Wildman–Crippen MR) is 89.6 cm³/mol. The van der Waals surface area contributed by atoms with Gasteiger partial charge in [0.1, 0.15) is 9.45 Å². The van der Waals surface area contributed by atoms with Crippen LogP contribution in [0, 0.1) is 3.70 Å². The van der Waals surface area contributed by atoms with E-state index >= 15 is 0 Å². The Labute approximate surface area is 141 Å². The van der Waals surface area contributed by atoms with E-state index in [1.54, 1.807) is 18.3 Å². The average molecular weight is 410 g/mol. The van der Waals surface area contributed by atoms with Crippen LogP contribution in [0.1, 0.15) is 25.0 Å². The fourth-order valence-corrected chi connectivity index (χ4v) is 2.33. The van der Waals surface area contributed by atoms with Crippen molar-refractivity contribution in [3.8, 4) is 5.75 Å². The minimum Gasteiger partial charge on any atom is -0.490 e.